The van der Waals surface area contributed by atoms with E-state index < -0.39 is 0 Å². The molecule has 20 heavy (non-hydrogen) atoms. The lowest BCUT2D eigenvalue weighted by atomic mass is 10.1. The topological polar surface area (TPSA) is 50.3 Å². The lowest BCUT2D eigenvalue weighted by Gasteiger charge is -2.29. The second kappa shape index (κ2) is 8.04. The molecule has 1 aliphatic heterocycles. The molecule has 0 radical (unpaired) electrons. The Balaban J connectivity index is 1.74. The highest BCUT2D eigenvalue weighted by atomic mass is 16.5. The van der Waals surface area contributed by atoms with Gasteiger partial charge in [0.05, 0.1) is 6.61 Å². The molecule has 1 atom stereocenters. The van der Waals surface area contributed by atoms with Crippen molar-refractivity contribution in [3.05, 3.63) is 12.4 Å². The first-order chi connectivity index (χ1) is 9.78. The number of aromatic nitrogens is 2. The fourth-order valence-electron chi connectivity index (χ4n) is 2.59. The van der Waals surface area contributed by atoms with E-state index in [2.05, 4.69) is 27.1 Å². The average molecular weight is 278 g/mol. The van der Waals surface area contributed by atoms with Crippen LogP contribution in [0.25, 0.3) is 0 Å². The van der Waals surface area contributed by atoms with E-state index in [0.29, 0.717) is 18.4 Å². The van der Waals surface area contributed by atoms with E-state index >= 15 is 0 Å². The van der Waals surface area contributed by atoms with Gasteiger partial charge in [-0.25, -0.2) is 9.97 Å². The molecule has 1 saturated heterocycles. The number of hydrogen-bond donors (Lipinski definition) is 1. The first-order valence-corrected chi connectivity index (χ1v) is 7.69. The van der Waals surface area contributed by atoms with Crippen molar-refractivity contribution in [2.45, 2.75) is 33.1 Å². The van der Waals surface area contributed by atoms with Gasteiger partial charge in [0.25, 0.3) is 0 Å². The zero-order valence-corrected chi connectivity index (χ0v) is 12.6. The largest absolute Gasteiger partial charge is 0.478 e. The monoisotopic (exact) mass is 278 g/mol. The Hall–Kier alpha value is -1.36. The summed E-state index contributed by atoms with van der Waals surface area (Å²) in [5.41, 5.74) is 0. The first kappa shape index (κ1) is 15.0. The maximum Gasteiger partial charge on any atom is 0.218 e. The third-order valence-corrected chi connectivity index (χ3v) is 3.58. The molecule has 1 aliphatic rings. The van der Waals surface area contributed by atoms with Gasteiger partial charge in [-0.15, -0.1) is 0 Å². The van der Waals surface area contributed by atoms with Crippen LogP contribution in [-0.4, -0.2) is 47.7 Å². The SMILES string of the molecule is CCOc1cc(NCC(C)CN2CCCCC2)ncn1. The van der Waals surface area contributed by atoms with Crippen LogP contribution in [0, 0.1) is 5.92 Å². The highest BCUT2D eigenvalue weighted by Gasteiger charge is 2.13. The molecule has 1 aromatic rings. The average Bonchev–Trinajstić information content (AvgIpc) is 2.47. The summed E-state index contributed by atoms with van der Waals surface area (Å²) in [6, 6.07) is 1.86. The molecule has 0 spiro atoms. The van der Waals surface area contributed by atoms with Gasteiger partial charge in [-0.3, -0.25) is 0 Å². The molecule has 2 heterocycles. The number of nitrogens with one attached hydrogen (secondary N) is 1. The lowest BCUT2D eigenvalue weighted by Crippen LogP contribution is -2.35. The van der Waals surface area contributed by atoms with Gasteiger partial charge in [0.2, 0.25) is 5.88 Å². The van der Waals surface area contributed by atoms with Crippen molar-refractivity contribution in [1.29, 1.82) is 0 Å². The Bertz CT molecular complexity index is 393. The molecule has 0 bridgehead atoms. The molecule has 2 rings (SSSR count). The molecule has 1 fully saturated rings. The zero-order chi connectivity index (χ0) is 14.2. The van der Waals surface area contributed by atoms with Gasteiger partial charge >= 0.3 is 0 Å². The molecule has 1 aromatic heterocycles. The Morgan fingerprint density at radius 3 is 2.85 bits per heavy atom. The smallest absolute Gasteiger partial charge is 0.218 e. The molecular formula is C15H26N4O. The van der Waals surface area contributed by atoms with Gasteiger partial charge in [0.15, 0.2) is 0 Å². The minimum Gasteiger partial charge on any atom is -0.478 e. The molecule has 0 aliphatic carbocycles. The number of anilines is 1. The molecule has 5 nitrogen and oxygen atoms in total. The molecule has 0 aromatic carbocycles. The fraction of sp³-hybridized carbons (Fsp3) is 0.733. The molecule has 1 N–H and O–H groups in total. The van der Waals surface area contributed by atoms with Crippen molar-refractivity contribution < 1.29 is 4.74 Å². The van der Waals surface area contributed by atoms with Crippen LogP contribution < -0.4 is 10.1 Å². The van der Waals surface area contributed by atoms with Crippen LogP contribution in [-0.2, 0) is 0 Å². The molecular weight excluding hydrogens is 252 g/mol. The van der Waals surface area contributed by atoms with Gasteiger partial charge in [0.1, 0.15) is 12.1 Å². The van der Waals surface area contributed by atoms with Crippen molar-refractivity contribution >= 4 is 5.82 Å². The van der Waals surface area contributed by atoms with Crippen molar-refractivity contribution in [3.8, 4) is 5.88 Å². The zero-order valence-electron chi connectivity index (χ0n) is 12.6. The number of nitrogens with zero attached hydrogens (tertiary/aromatic N) is 3. The minimum atomic E-state index is 0.610. The Morgan fingerprint density at radius 1 is 1.30 bits per heavy atom. The van der Waals surface area contributed by atoms with E-state index in [-0.39, 0.29) is 0 Å². The molecule has 5 heteroatoms. The normalized spacial score (nSPS) is 17.7. The summed E-state index contributed by atoms with van der Waals surface area (Å²) >= 11 is 0. The second-order valence-electron chi connectivity index (χ2n) is 5.52. The third-order valence-electron chi connectivity index (χ3n) is 3.58. The Morgan fingerprint density at radius 2 is 2.10 bits per heavy atom. The summed E-state index contributed by atoms with van der Waals surface area (Å²) < 4.78 is 5.38. The Kier molecular flexibility index (Phi) is 6.05. The summed E-state index contributed by atoms with van der Waals surface area (Å²) in [7, 11) is 0. The van der Waals surface area contributed by atoms with Crippen LogP contribution in [0.3, 0.4) is 0 Å². The number of piperidine rings is 1. The predicted molar refractivity (Wildman–Crippen MR) is 81.1 cm³/mol. The van der Waals surface area contributed by atoms with Crippen LogP contribution in [0.4, 0.5) is 5.82 Å². The summed E-state index contributed by atoms with van der Waals surface area (Å²) in [6.45, 7) is 9.47. The van der Waals surface area contributed by atoms with E-state index in [4.69, 9.17) is 4.74 Å². The summed E-state index contributed by atoms with van der Waals surface area (Å²) in [4.78, 5) is 10.9. The molecule has 0 saturated carbocycles. The number of ether oxygens (including phenoxy) is 1. The predicted octanol–water partition coefficient (Wildman–Crippen LogP) is 2.41. The minimum absolute atomic E-state index is 0.610. The maximum absolute atomic E-state index is 5.38. The molecule has 0 amide bonds. The van der Waals surface area contributed by atoms with Crippen molar-refractivity contribution in [2.24, 2.45) is 5.92 Å². The summed E-state index contributed by atoms with van der Waals surface area (Å²) in [5.74, 6) is 2.08. The van der Waals surface area contributed by atoms with E-state index in [1.165, 1.54) is 32.4 Å². The highest BCUT2D eigenvalue weighted by Crippen LogP contribution is 2.13. The van der Waals surface area contributed by atoms with Gasteiger partial charge in [-0.1, -0.05) is 13.3 Å². The second-order valence-corrected chi connectivity index (χ2v) is 5.52. The van der Waals surface area contributed by atoms with Crippen LogP contribution in [0.2, 0.25) is 0 Å². The molecule has 112 valence electrons. The summed E-state index contributed by atoms with van der Waals surface area (Å²) in [6.07, 6.45) is 5.64. The summed E-state index contributed by atoms with van der Waals surface area (Å²) in [5, 5.41) is 3.38. The highest BCUT2D eigenvalue weighted by molar-refractivity contribution is 5.36. The number of likely N-dealkylation sites (tertiary alicyclic amines) is 1. The van der Waals surface area contributed by atoms with Gasteiger partial charge in [-0.05, 0) is 38.8 Å². The van der Waals surface area contributed by atoms with Gasteiger partial charge in [0, 0.05) is 19.2 Å². The standard InChI is InChI=1S/C15H26N4O/c1-3-20-15-9-14(17-12-18-15)16-10-13(2)11-19-7-5-4-6-8-19/h9,12-13H,3-8,10-11H2,1-2H3,(H,16,17,18). The van der Waals surface area contributed by atoms with Crippen molar-refractivity contribution in [1.82, 2.24) is 14.9 Å². The van der Waals surface area contributed by atoms with Crippen LogP contribution in [0.5, 0.6) is 5.88 Å². The van der Waals surface area contributed by atoms with Crippen LogP contribution in [0.15, 0.2) is 12.4 Å². The van der Waals surface area contributed by atoms with E-state index in [1.54, 1.807) is 6.33 Å². The van der Waals surface area contributed by atoms with Crippen molar-refractivity contribution in [3.63, 3.8) is 0 Å². The molecule has 1 unspecified atom stereocenters. The van der Waals surface area contributed by atoms with Crippen LogP contribution >= 0.6 is 0 Å². The fourth-order valence-corrected chi connectivity index (χ4v) is 2.59. The first-order valence-electron chi connectivity index (χ1n) is 7.69. The van der Waals surface area contributed by atoms with Gasteiger partial charge < -0.3 is 15.0 Å². The van der Waals surface area contributed by atoms with Crippen molar-refractivity contribution in [2.75, 3.05) is 38.1 Å². The number of hydrogen-bond acceptors (Lipinski definition) is 5. The van der Waals surface area contributed by atoms with E-state index in [9.17, 15) is 0 Å². The van der Waals surface area contributed by atoms with E-state index in [1.807, 2.05) is 13.0 Å². The maximum atomic E-state index is 5.38. The Labute approximate surface area is 121 Å². The van der Waals surface area contributed by atoms with Crippen LogP contribution in [0.1, 0.15) is 33.1 Å². The quantitative estimate of drug-likeness (QED) is 0.830. The number of rotatable bonds is 7. The van der Waals surface area contributed by atoms with Gasteiger partial charge in [-0.2, -0.15) is 0 Å². The van der Waals surface area contributed by atoms with E-state index in [0.717, 1.165) is 18.9 Å². The third kappa shape index (κ3) is 4.96. The lowest BCUT2D eigenvalue weighted by molar-refractivity contribution is 0.204.